The van der Waals surface area contributed by atoms with Crippen molar-refractivity contribution in [2.24, 2.45) is 0 Å². The third-order valence-corrected chi connectivity index (χ3v) is 5.68. The maximum atomic E-state index is 15.1. The summed E-state index contributed by atoms with van der Waals surface area (Å²) in [7, 11) is 0. The van der Waals surface area contributed by atoms with Gasteiger partial charge in [-0.25, -0.2) is 4.39 Å². The first-order valence-electron chi connectivity index (χ1n) is 11.0. The summed E-state index contributed by atoms with van der Waals surface area (Å²) >= 11 is 0. The maximum absolute atomic E-state index is 15.1. The van der Waals surface area contributed by atoms with Crippen molar-refractivity contribution < 1.29 is 4.39 Å². The lowest BCUT2D eigenvalue weighted by atomic mass is 9.99. The molecule has 4 aromatic rings. The summed E-state index contributed by atoms with van der Waals surface area (Å²) < 4.78 is 15.1. The molecular weight excluding hydrogens is 379 g/mol. The summed E-state index contributed by atoms with van der Waals surface area (Å²) in [6.45, 7) is 4.26. The highest BCUT2D eigenvalue weighted by atomic mass is 19.1. The molecule has 1 heteroatoms. The van der Waals surface area contributed by atoms with Crippen molar-refractivity contribution in [2.45, 2.75) is 39.5 Å². The van der Waals surface area contributed by atoms with Gasteiger partial charge in [0.25, 0.3) is 0 Å². The van der Waals surface area contributed by atoms with Crippen LogP contribution in [0.25, 0.3) is 10.8 Å². The van der Waals surface area contributed by atoms with Crippen molar-refractivity contribution in [2.75, 3.05) is 0 Å². The first-order chi connectivity index (χ1) is 15.1. The lowest BCUT2D eigenvalue weighted by Crippen LogP contribution is -1.96. The summed E-state index contributed by atoms with van der Waals surface area (Å²) in [5.74, 6) is 6.32. The molecule has 31 heavy (non-hydrogen) atoms. The van der Waals surface area contributed by atoms with Crippen LogP contribution in [0.15, 0.2) is 78.9 Å². The fraction of sp³-hybridized carbons (Fsp3) is 0.200. The fourth-order valence-corrected chi connectivity index (χ4v) is 3.83. The van der Waals surface area contributed by atoms with Crippen molar-refractivity contribution in [3.05, 3.63) is 118 Å². The van der Waals surface area contributed by atoms with E-state index in [0.717, 1.165) is 41.3 Å². The minimum absolute atomic E-state index is 0.115. The van der Waals surface area contributed by atoms with E-state index in [1.165, 1.54) is 16.7 Å². The lowest BCUT2D eigenvalue weighted by Gasteiger charge is -2.08. The third kappa shape index (κ3) is 5.22. The van der Waals surface area contributed by atoms with Gasteiger partial charge in [0.2, 0.25) is 0 Å². The molecule has 0 radical (unpaired) electrons. The minimum Gasteiger partial charge on any atom is -0.206 e. The van der Waals surface area contributed by atoms with Crippen LogP contribution in [-0.4, -0.2) is 0 Å². The number of benzene rings is 4. The second-order valence-corrected chi connectivity index (χ2v) is 8.16. The fourth-order valence-electron chi connectivity index (χ4n) is 3.83. The Balaban J connectivity index is 1.51. The Kier molecular flexibility index (Phi) is 6.48. The maximum Gasteiger partial charge on any atom is 0.134 e. The molecule has 0 aliphatic carbocycles. The Labute approximate surface area is 184 Å². The van der Waals surface area contributed by atoms with Crippen LogP contribution in [0.4, 0.5) is 4.39 Å². The van der Waals surface area contributed by atoms with E-state index >= 15 is 4.39 Å². The molecule has 0 aliphatic rings. The Morgan fingerprint density at radius 2 is 1.32 bits per heavy atom. The molecule has 0 N–H and O–H groups in total. The van der Waals surface area contributed by atoms with Gasteiger partial charge in [-0.05, 0) is 72.5 Å². The third-order valence-electron chi connectivity index (χ3n) is 5.68. The quantitative estimate of drug-likeness (QED) is 0.302. The second-order valence-electron chi connectivity index (χ2n) is 8.16. The topological polar surface area (TPSA) is 0 Å². The molecule has 0 aliphatic heterocycles. The van der Waals surface area contributed by atoms with Gasteiger partial charge in [-0.1, -0.05) is 85.3 Å². The first kappa shape index (κ1) is 20.9. The molecular formula is C30H27F. The van der Waals surface area contributed by atoms with Gasteiger partial charge < -0.3 is 0 Å². The highest BCUT2D eigenvalue weighted by molar-refractivity contribution is 5.85. The number of fused-ring (bicyclic) bond motifs is 1. The van der Waals surface area contributed by atoms with Crippen LogP contribution < -0.4 is 0 Å². The van der Waals surface area contributed by atoms with Gasteiger partial charge in [0.1, 0.15) is 5.82 Å². The summed E-state index contributed by atoms with van der Waals surface area (Å²) in [5.41, 5.74) is 6.48. The van der Waals surface area contributed by atoms with Crippen LogP contribution in [0.1, 0.15) is 46.7 Å². The van der Waals surface area contributed by atoms with E-state index in [2.05, 4.69) is 74.2 Å². The molecule has 0 fully saturated rings. The van der Waals surface area contributed by atoms with Crippen molar-refractivity contribution in [1.82, 2.24) is 0 Å². The van der Waals surface area contributed by atoms with Crippen LogP contribution in [-0.2, 0) is 19.3 Å². The van der Waals surface area contributed by atoms with Crippen LogP contribution in [0.2, 0.25) is 0 Å². The van der Waals surface area contributed by atoms with E-state index in [1.807, 2.05) is 30.3 Å². The highest BCUT2D eigenvalue weighted by Crippen LogP contribution is 2.23. The number of hydrogen-bond acceptors (Lipinski definition) is 0. The number of halogens is 1. The van der Waals surface area contributed by atoms with Gasteiger partial charge >= 0.3 is 0 Å². The van der Waals surface area contributed by atoms with Crippen molar-refractivity contribution in [1.29, 1.82) is 0 Å². The average molecular weight is 407 g/mol. The molecule has 0 spiro atoms. The van der Waals surface area contributed by atoms with Gasteiger partial charge in [0.15, 0.2) is 0 Å². The number of hydrogen-bond donors (Lipinski definition) is 0. The van der Waals surface area contributed by atoms with Crippen LogP contribution >= 0.6 is 0 Å². The van der Waals surface area contributed by atoms with E-state index in [4.69, 9.17) is 0 Å². The Bertz CT molecular complexity index is 1240. The molecule has 0 saturated carbocycles. The zero-order valence-electron chi connectivity index (χ0n) is 18.2. The SMILES string of the molecule is CCCc1ccc(C#Cc2ccc3c(F)c(CCc4ccc(C)cc4)ccc3c2)cc1. The van der Waals surface area contributed by atoms with E-state index in [1.54, 1.807) is 0 Å². The predicted octanol–water partition coefficient (Wildman–Crippen LogP) is 7.42. The standard InChI is InChI=1S/C30H27F/c1-3-4-23-9-11-25(12-10-23)13-14-26-16-20-29-28(21-26)19-18-27(30(29)31)17-15-24-7-5-22(2)6-8-24/h5-12,16,18-21H,3-4,15,17H2,1-2H3. The van der Waals surface area contributed by atoms with E-state index in [0.29, 0.717) is 11.8 Å². The normalized spacial score (nSPS) is 10.7. The molecule has 4 aromatic carbocycles. The van der Waals surface area contributed by atoms with Gasteiger partial charge in [0, 0.05) is 16.5 Å². The van der Waals surface area contributed by atoms with Crippen LogP contribution in [0.5, 0.6) is 0 Å². The molecule has 154 valence electrons. The molecule has 0 atom stereocenters. The molecule has 0 unspecified atom stereocenters. The zero-order chi connectivity index (χ0) is 21.6. The monoisotopic (exact) mass is 406 g/mol. The second kappa shape index (κ2) is 9.63. The zero-order valence-corrected chi connectivity index (χ0v) is 18.2. The summed E-state index contributed by atoms with van der Waals surface area (Å²) in [5, 5.41) is 1.55. The van der Waals surface area contributed by atoms with Gasteiger partial charge in [0.05, 0.1) is 0 Å². The molecule has 0 bridgehead atoms. The average Bonchev–Trinajstić information content (AvgIpc) is 2.79. The number of rotatable bonds is 5. The van der Waals surface area contributed by atoms with Gasteiger partial charge in [-0.2, -0.15) is 0 Å². The summed E-state index contributed by atoms with van der Waals surface area (Å²) in [6.07, 6.45) is 3.77. The van der Waals surface area contributed by atoms with Crippen LogP contribution in [0.3, 0.4) is 0 Å². The molecule has 4 rings (SSSR count). The Hall–Kier alpha value is -3.37. The molecule has 0 amide bonds. The van der Waals surface area contributed by atoms with Gasteiger partial charge in [-0.3, -0.25) is 0 Å². The van der Waals surface area contributed by atoms with Crippen molar-refractivity contribution >= 4 is 10.8 Å². The molecule has 0 saturated heterocycles. The predicted molar refractivity (Wildman–Crippen MR) is 129 cm³/mol. The Morgan fingerprint density at radius 3 is 2.06 bits per heavy atom. The molecule has 0 heterocycles. The largest absolute Gasteiger partial charge is 0.206 e. The Morgan fingerprint density at radius 1 is 0.677 bits per heavy atom. The minimum atomic E-state index is -0.115. The van der Waals surface area contributed by atoms with E-state index in [-0.39, 0.29) is 5.82 Å². The molecule has 0 aromatic heterocycles. The summed E-state index contributed by atoms with van der Waals surface area (Å²) in [4.78, 5) is 0. The van der Waals surface area contributed by atoms with E-state index < -0.39 is 0 Å². The smallest absolute Gasteiger partial charge is 0.134 e. The lowest BCUT2D eigenvalue weighted by molar-refractivity contribution is 0.620. The number of aryl methyl sites for hydroxylation is 4. The summed E-state index contributed by atoms with van der Waals surface area (Å²) in [6, 6.07) is 26.5. The van der Waals surface area contributed by atoms with E-state index in [9.17, 15) is 0 Å². The van der Waals surface area contributed by atoms with Crippen LogP contribution in [0, 0.1) is 24.6 Å². The molecule has 0 nitrogen and oxygen atoms in total. The highest BCUT2D eigenvalue weighted by Gasteiger charge is 2.08. The van der Waals surface area contributed by atoms with Gasteiger partial charge in [-0.15, -0.1) is 0 Å². The van der Waals surface area contributed by atoms with Crippen molar-refractivity contribution in [3.63, 3.8) is 0 Å². The van der Waals surface area contributed by atoms with Crippen molar-refractivity contribution in [3.8, 4) is 11.8 Å². The first-order valence-corrected chi connectivity index (χ1v) is 11.0.